The van der Waals surface area contributed by atoms with Crippen LogP contribution in [0, 0.1) is 0 Å². The number of ether oxygens (including phenoxy) is 3. The number of aromatic nitrogens is 1. The number of para-hydroxylation sites is 1. The maximum absolute atomic E-state index is 13.2. The van der Waals surface area contributed by atoms with Gasteiger partial charge in [0.15, 0.2) is 11.5 Å². The Morgan fingerprint density at radius 3 is 2.54 bits per heavy atom. The molecule has 1 atom stereocenters. The molecule has 2 aromatic rings. The van der Waals surface area contributed by atoms with Crippen LogP contribution in [0.15, 0.2) is 53.9 Å². The first kappa shape index (κ1) is 24.3. The van der Waals surface area contributed by atoms with Crippen LogP contribution in [-0.4, -0.2) is 75.4 Å². The lowest BCUT2D eigenvalue weighted by atomic mass is 9.93. The van der Waals surface area contributed by atoms with Crippen LogP contribution in [0.2, 0.25) is 0 Å². The average Bonchev–Trinajstić information content (AvgIpc) is 2.88. The van der Waals surface area contributed by atoms with E-state index < -0.39 is 18.0 Å². The van der Waals surface area contributed by atoms with E-state index in [-0.39, 0.29) is 6.61 Å². The van der Waals surface area contributed by atoms with Crippen molar-refractivity contribution in [1.82, 2.24) is 20.5 Å². The number of rotatable bonds is 8. The number of hydrogen-bond donors (Lipinski definition) is 2. The zero-order valence-electron chi connectivity index (χ0n) is 20.2. The van der Waals surface area contributed by atoms with Gasteiger partial charge in [0.2, 0.25) is 0 Å². The first-order valence-electron chi connectivity index (χ1n) is 11.6. The van der Waals surface area contributed by atoms with Gasteiger partial charge in [0.25, 0.3) is 0 Å². The molecular formula is C25H31N5O5. The summed E-state index contributed by atoms with van der Waals surface area (Å²) in [6, 6.07) is 10.1. The molecule has 2 aliphatic heterocycles. The monoisotopic (exact) mass is 481 g/mol. The Hall–Kier alpha value is -3.79. The molecule has 0 spiro atoms. The Balaban J connectivity index is 1.63. The molecule has 1 aromatic heterocycles. The molecule has 2 amide bonds. The third-order valence-corrected chi connectivity index (χ3v) is 6.12. The number of nitrogens with one attached hydrogen (secondary N) is 2. The van der Waals surface area contributed by atoms with Crippen LogP contribution in [0.4, 0.5) is 10.6 Å². The van der Waals surface area contributed by atoms with Gasteiger partial charge in [0.05, 0.1) is 32.4 Å². The van der Waals surface area contributed by atoms with Crippen LogP contribution in [-0.2, 0) is 9.53 Å². The predicted octanol–water partition coefficient (Wildman–Crippen LogP) is 2.09. The van der Waals surface area contributed by atoms with Gasteiger partial charge in [-0.25, -0.2) is 14.6 Å². The molecule has 2 N–H and O–H groups in total. The van der Waals surface area contributed by atoms with E-state index in [2.05, 4.69) is 25.4 Å². The highest BCUT2D eigenvalue weighted by atomic mass is 16.5. The largest absolute Gasteiger partial charge is 0.493 e. The molecule has 2 aliphatic rings. The maximum atomic E-state index is 13.2. The zero-order chi connectivity index (χ0) is 24.8. The van der Waals surface area contributed by atoms with E-state index in [1.165, 1.54) is 7.11 Å². The number of hydrogen-bond acceptors (Lipinski definition) is 8. The molecule has 0 radical (unpaired) electrons. The van der Waals surface area contributed by atoms with Crippen LogP contribution in [0.3, 0.4) is 0 Å². The van der Waals surface area contributed by atoms with Crippen molar-refractivity contribution < 1.29 is 23.8 Å². The SMILES string of the molecule is CCOC(=O)C1=C(CN2CCN(c3ccccn3)CC2)NC(=O)N[C@H]1c1cccc(OC)c1OC. The Morgan fingerprint density at radius 1 is 1.09 bits per heavy atom. The van der Waals surface area contributed by atoms with Crippen LogP contribution in [0.5, 0.6) is 11.5 Å². The van der Waals surface area contributed by atoms with Crippen molar-refractivity contribution in [2.75, 3.05) is 58.5 Å². The van der Waals surface area contributed by atoms with E-state index in [1.54, 1.807) is 38.4 Å². The zero-order valence-corrected chi connectivity index (χ0v) is 20.2. The second-order valence-corrected chi connectivity index (χ2v) is 8.18. The van der Waals surface area contributed by atoms with E-state index >= 15 is 0 Å². The number of amides is 2. The number of anilines is 1. The molecule has 1 aromatic carbocycles. The van der Waals surface area contributed by atoms with Crippen LogP contribution >= 0.6 is 0 Å². The van der Waals surface area contributed by atoms with Gasteiger partial charge in [0.1, 0.15) is 5.82 Å². The van der Waals surface area contributed by atoms with Crippen molar-refractivity contribution in [2.45, 2.75) is 13.0 Å². The van der Waals surface area contributed by atoms with Crippen molar-refractivity contribution in [3.05, 3.63) is 59.4 Å². The van der Waals surface area contributed by atoms with Crippen LogP contribution < -0.4 is 25.0 Å². The Labute approximate surface area is 204 Å². The number of pyridine rings is 1. The summed E-state index contributed by atoms with van der Waals surface area (Å²) in [5.74, 6) is 1.41. The number of nitrogens with zero attached hydrogens (tertiary/aromatic N) is 3. The predicted molar refractivity (Wildman–Crippen MR) is 131 cm³/mol. The van der Waals surface area contributed by atoms with E-state index in [0.29, 0.717) is 34.9 Å². The summed E-state index contributed by atoms with van der Waals surface area (Å²) < 4.78 is 16.4. The van der Waals surface area contributed by atoms with Gasteiger partial charge in [-0.3, -0.25) is 4.90 Å². The third kappa shape index (κ3) is 5.32. The fourth-order valence-corrected chi connectivity index (χ4v) is 4.46. The lowest BCUT2D eigenvalue weighted by molar-refractivity contribution is -0.139. The number of esters is 1. The number of piperazine rings is 1. The topological polar surface area (TPSA) is 105 Å². The quantitative estimate of drug-likeness (QED) is 0.553. The highest BCUT2D eigenvalue weighted by Crippen LogP contribution is 2.39. The summed E-state index contributed by atoms with van der Waals surface area (Å²) in [4.78, 5) is 34.7. The molecule has 10 nitrogen and oxygen atoms in total. The minimum atomic E-state index is -0.752. The molecule has 3 heterocycles. The minimum absolute atomic E-state index is 0.217. The van der Waals surface area contributed by atoms with Crippen molar-refractivity contribution >= 4 is 17.8 Å². The summed E-state index contributed by atoms with van der Waals surface area (Å²) in [6.45, 7) is 5.47. The van der Waals surface area contributed by atoms with Gasteiger partial charge in [-0.1, -0.05) is 18.2 Å². The molecule has 1 fully saturated rings. The van der Waals surface area contributed by atoms with Gasteiger partial charge < -0.3 is 29.7 Å². The number of carbonyl (C=O) groups is 2. The first-order chi connectivity index (χ1) is 17.0. The number of methoxy groups -OCH3 is 2. The molecule has 35 heavy (non-hydrogen) atoms. The summed E-state index contributed by atoms with van der Waals surface area (Å²) in [6.07, 6.45) is 1.79. The standard InChI is InChI=1S/C25H31N5O5/c1-4-35-24(31)21-18(16-29-12-14-30(15-13-29)20-10-5-6-11-26-20)27-25(32)28-22(21)17-8-7-9-19(33-2)23(17)34-3/h5-11,22H,4,12-16H2,1-3H3,(H2,27,28,32)/t22-/m0/s1. The first-order valence-corrected chi connectivity index (χ1v) is 11.6. The number of carbonyl (C=O) groups excluding carboxylic acids is 2. The van der Waals surface area contributed by atoms with Gasteiger partial charge in [-0.15, -0.1) is 0 Å². The molecule has 1 saturated heterocycles. The van der Waals surface area contributed by atoms with Crippen LogP contribution in [0.1, 0.15) is 18.5 Å². The summed E-state index contributed by atoms with van der Waals surface area (Å²) >= 11 is 0. The Morgan fingerprint density at radius 2 is 1.89 bits per heavy atom. The molecule has 0 unspecified atom stereocenters. The summed E-state index contributed by atoms with van der Waals surface area (Å²) in [5.41, 5.74) is 1.49. The van der Waals surface area contributed by atoms with Gasteiger partial charge >= 0.3 is 12.0 Å². The Kier molecular flexibility index (Phi) is 7.71. The Bertz CT molecular complexity index is 1080. The number of benzene rings is 1. The molecule has 4 rings (SSSR count). The van der Waals surface area contributed by atoms with E-state index in [0.717, 1.165) is 32.0 Å². The molecule has 0 bridgehead atoms. The van der Waals surface area contributed by atoms with Gasteiger partial charge in [0, 0.05) is 50.2 Å². The van der Waals surface area contributed by atoms with Gasteiger partial charge in [-0.2, -0.15) is 0 Å². The van der Waals surface area contributed by atoms with Crippen molar-refractivity contribution in [1.29, 1.82) is 0 Å². The maximum Gasteiger partial charge on any atom is 0.338 e. The highest BCUT2D eigenvalue weighted by Gasteiger charge is 2.36. The fraction of sp³-hybridized carbons (Fsp3) is 0.400. The van der Waals surface area contributed by atoms with E-state index in [9.17, 15) is 9.59 Å². The van der Waals surface area contributed by atoms with Crippen molar-refractivity contribution in [3.8, 4) is 11.5 Å². The van der Waals surface area contributed by atoms with Crippen LogP contribution in [0.25, 0.3) is 0 Å². The number of urea groups is 1. The van der Waals surface area contributed by atoms with Gasteiger partial charge in [-0.05, 0) is 25.1 Å². The highest BCUT2D eigenvalue weighted by molar-refractivity contribution is 5.95. The molecule has 0 saturated carbocycles. The molecule has 186 valence electrons. The van der Waals surface area contributed by atoms with Crippen molar-refractivity contribution in [2.24, 2.45) is 0 Å². The van der Waals surface area contributed by atoms with E-state index in [4.69, 9.17) is 14.2 Å². The molecule has 10 heteroatoms. The smallest absolute Gasteiger partial charge is 0.338 e. The lowest BCUT2D eigenvalue weighted by Crippen LogP contribution is -2.52. The summed E-state index contributed by atoms with van der Waals surface area (Å²) in [5, 5.41) is 5.72. The fourth-order valence-electron chi connectivity index (χ4n) is 4.46. The summed E-state index contributed by atoms with van der Waals surface area (Å²) in [7, 11) is 3.07. The minimum Gasteiger partial charge on any atom is -0.493 e. The third-order valence-electron chi connectivity index (χ3n) is 6.12. The molecular weight excluding hydrogens is 450 g/mol. The normalized spacial score (nSPS) is 18.5. The van der Waals surface area contributed by atoms with E-state index in [1.807, 2.05) is 18.2 Å². The lowest BCUT2D eigenvalue weighted by Gasteiger charge is -2.37. The second-order valence-electron chi connectivity index (χ2n) is 8.18. The second kappa shape index (κ2) is 11.1. The average molecular weight is 482 g/mol. The molecule has 0 aliphatic carbocycles. The van der Waals surface area contributed by atoms with Crippen molar-refractivity contribution in [3.63, 3.8) is 0 Å².